The first-order chi connectivity index (χ1) is 13.2. The van der Waals surface area contributed by atoms with Crippen LogP contribution in [0.25, 0.3) is 0 Å². The third-order valence-corrected chi connectivity index (χ3v) is 3.88. The molecule has 2 aromatic rings. The van der Waals surface area contributed by atoms with Crippen LogP contribution in [0.1, 0.15) is 38.5 Å². The minimum Gasteiger partial charge on any atom is -0.496 e. The van der Waals surface area contributed by atoms with Gasteiger partial charge in [0.2, 0.25) is 0 Å². The molecule has 28 heavy (non-hydrogen) atoms. The molecule has 0 bridgehead atoms. The zero-order valence-electron chi connectivity index (χ0n) is 15.2. The van der Waals surface area contributed by atoms with Crippen molar-refractivity contribution in [3.8, 4) is 5.75 Å². The SMILES string of the molecule is COc1ccc(NC(=O)c2n[nH]c(C(F)(F)F)c2C)cc1C(=O)NCCCN. The lowest BCUT2D eigenvalue weighted by Gasteiger charge is -2.12. The van der Waals surface area contributed by atoms with Gasteiger partial charge in [0.25, 0.3) is 11.8 Å². The van der Waals surface area contributed by atoms with Gasteiger partial charge in [-0.2, -0.15) is 18.3 Å². The molecule has 1 aromatic heterocycles. The maximum atomic E-state index is 12.8. The fraction of sp³-hybridized carbons (Fsp3) is 0.353. The van der Waals surface area contributed by atoms with Gasteiger partial charge in [-0.05, 0) is 38.1 Å². The normalized spacial score (nSPS) is 11.2. The standard InChI is InChI=1S/C17H20F3N5O3/c1-9-13(24-25-14(9)17(18,19)20)16(27)23-10-4-5-12(28-2)11(8-10)15(26)22-7-3-6-21/h4-5,8H,3,6-7,21H2,1-2H3,(H,22,26)(H,23,27)(H,24,25). The number of amides is 2. The van der Waals surface area contributed by atoms with E-state index in [1.165, 1.54) is 25.3 Å². The fourth-order valence-corrected chi connectivity index (χ4v) is 2.45. The van der Waals surface area contributed by atoms with E-state index in [-0.39, 0.29) is 22.6 Å². The van der Waals surface area contributed by atoms with Gasteiger partial charge in [-0.15, -0.1) is 0 Å². The number of halogens is 3. The van der Waals surface area contributed by atoms with E-state index in [0.29, 0.717) is 19.5 Å². The first kappa shape index (κ1) is 21.2. The Hall–Kier alpha value is -3.08. The number of hydrogen-bond donors (Lipinski definition) is 4. The van der Waals surface area contributed by atoms with Gasteiger partial charge in [0.1, 0.15) is 11.4 Å². The summed E-state index contributed by atoms with van der Waals surface area (Å²) < 4.78 is 43.6. The summed E-state index contributed by atoms with van der Waals surface area (Å²) in [5, 5.41) is 10.4. The minimum absolute atomic E-state index is 0.159. The minimum atomic E-state index is -4.65. The van der Waals surface area contributed by atoms with Crippen LogP contribution in [0.4, 0.5) is 18.9 Å². The van der Waals surface area contributed by atoms with Crippen LogP contribution >= 0.6 is 0 Å². The number of hydrogen-bond acceptors (Lipinski definition) is 5. The summed E-state index contributed by atoms with van der Waals surface area (Å²) in [6.07, 6.45) is -4.06. The van der Waals surface area contributed by atoms with Crippen LogP contribution < -0.4 is 21.1 Å². The van der Waals surface area contributed by atoms with E-state index in [1.54, 1.807) is 0 Å². The molecular formula is C17H20F3N5O3. The molecule has 0 saturated carbocycles. The fourth-order valence-electron chi connectivity index (χ4n) is 2.45. The van der Waals surface area contributed by atoms with Gasteiger partial charge < -0.3 is 21.1 Å². The Morgan fingerprint density at radius 3 is 2.57 bits per heavy atom. The topological polar surface area (TPSA) is 122 Å². The largest absolute Gasteiger partial charge is 0.496 e. The molecule has 0 unspecified atom stereocenters. The second-order valence-corrected chi connectivity index (χ2v) is 5.84. The number of carbonyl (C=O) groups is 2. The van der Waals surface area contributed by atoms with E-state index in [9.17, 15) is 22.8 Å². The molecule has 0 aliphatic carbocycles. The molecule has 1 heterocycles. The lowest BCUT2D eigenvalue weighted by Crippen LogP contribution is -2.26. The van der Waals surface area contributed by atoms with Gasteiger partial charge in [0, 0.05) is 17.8 Å². The Morgan fingerprint density at radius 1 is 1.29 bits per heavy atom. The summed E-state index contributed by atoms with van der Waals surface area (Å²) in [5.74, 6) is -1.00. The Balaban J connectivity index is 2.22. The molecule has 0 aliphatic rings. The molecule has 0 saturated heterocycles. The van der Waals surface area contributed by atoms with Crippen molar-refractivity contribution in [3.05, 3.63) is 40.7 Å². The van der Waals surface area contributed by atoms with E-state index >= 15 is 0 Å². The van der Waals surface area contributed by atoms with Crippen molar-refractivity contribution in [3.63, 3.8) is 0 Å². The molecule has 152 valence electrons. The second-order valence-electron chi connectivity index (χ2n) is 5.84. The molecule has 1 aromatic carbocycles. The third-order valence-electron chi connectivity index (χ3n) is 3.88. The van der Waals surface area contributed by atoms with Crippen molar-refractivity contribution >= 4 is 17.5 Å². The molecule has 2 amide bonds. The highest BCUT2D eigenvalue weighted by Crippen LogP contribution is 2.31. The maximum absolute atomic E-state index is 12.8. The molecular weight excluding hydrogens is 379 g/mol. The van der Waals surface area contributed by atoms with Gasteiger partial charge in [-0.3, -0.25) is 14.7 Å². The number of rotatable bonds is 7. The molecule has 8 nitrogen and oxygen atoms in total. The van der Waals surface area contributed by atoms with Gasteiger partial charge in [0.05, 0.1) is 12.7 Å². The van der Waals surface area contributed by atoms with Crippen molar-refractivity contribution in [2.75, 3.05) is 25.5 Å². The van der Waals surface area contributed by atoms with E-state index in [4.69, 9.17) is 10.5 Å². The number of benzene rings is 1. The van der Waals surface area contributed by atoms with E-state index in [0.717, 1.165) is 6.92 Å². The van der Waals surface area contributed by atoms with Crippen LogP contribution in [-0.4, -0.2) is 42.2 Å². The molecule has 5 N–H and O–H groups in total. The van der Waals surface area contributed by atoms with E-state index < -0.39 is 29.4 Å². The van der Waals surface area contributed by atoms with Crippen LogP contribution in [-0.2, 0) is 6.18 Å². The number of aromatic nitrogens is 2. The predicted molar refractivity (Wildman–Crippen MR) is 95.3 cm³/mol. The van der Waals surface area contributed by atoms with Crippen molar-refractivity contribution in [2.24, 2.45) is 5.73 Å². The number of anilines is 1. The van der Waals surface area contributed by atoms with Crippen LogP contribution in [0.2, 0.25) is 0 Å². The number of carbonyl (C=O) groups excluding carboxylic acids is 2. The number of H-pyrrole nitrogens is 1. The summed E-state index contributed by atoms with van der Waals surface area (Å²) in [6, 6.07) is 4.28. The van der Waals surface area contributed by atoms with E-state index in [1.807, 2.05) is 5.10 Å². The van der Waals surface area contributed by atoms with Gasteiger partial charge in [-0.25, -0.2) is 0 Å². The number of alkyl halides is 3. The number of nitrogens with one attached hydrogen (secondary N) is 3. The number of nitrogens with zero attached hydrogens (tertiary/aromatic N) is 1. The summed E-state index contributed by atoms with van der Waals surface area (Å²) >= 11 is 0. The maximum Gasteiger partial charge on any atom is 0.433 e. The van der Waals surface area contributed by atoms with E-state index in [2.05, 4.69) is 15.7 Å². The van der Waals surface area contributed by atoms with Crippen LogP contribution in [0.5, 0.6) is 5.75 Å². The first-order valence-electron chi connectivity index (χ1n) is 8.28. The lowest BCUT2D eigenvalue weighted by molar-refractivity contribution is -0.141. The Morgan fingerprint density at radius 2 is 2.00 bits per heavy atom. The highest BCUT2D eigenvalue weighted by Gasteiger charge is 2.36. The van der Waals surface area contributed by atoms with Crippen LogP contribution in [0.15, 0.2) is 18.2 Å². The zero-order chi connectivity index (χ0) is 20.9. The van der Waals surface area contributed by atoms with Crippen molar-refractivity contribution in [2.45, 2.75) is 19.5 Å². The smallest absolute Gasteiger partial charge is 0.433 e. The van der Waals surface area contributed by atoms with Crippen molar-refractivity contribution in [1.82, 2.24) is 15.5 Å². The molecule has 0 spiro atoms. The van der Waals surface area contributed by atoms with Crippen molar-refractivity contribution < 1.29 is 27.5 Å². The summed E-state index contributed by atoms with van der Waals surface area (Å²) in [5.41, 5.74) is 3.94. The highest BCUT2D eigenvalue weighted by atomic mass is 19.4. The Bertz CT molecular complexity index is 864. The molecule has 0 aliphatic heterocycles. The zero-order valence-corrected chi connectivity index (χ0v) is 15.2. The number of aromatic amines is 1. The second kappa shape index (κ2) is 8.74. The van der Waals surface area contributed by atoms with Crippen LogP contribution in [0, 0.1) is 6.92 Å². The van der Waals surface area contributed by atoms with Crippen LogP contribution in [0.3, 0.4) is 0 Å². The molecule has 0 atom stereocenters. The Labute approximate surface area is 158 Å². The van der Waals surface area contributed by atoms with Gasteiger partial charge >= 0.3 is 6.18 Å². The number of methoxy groups -OCH3 is 1. The molecule has 11 heteroatoms. The number of ether oxygens (including phenoxy) is 1. The molecule has 0 radical (unpaired) electrons. The molecule has 0 fully saturated rings. The quantitative estimate of drug-likeness (QED) is 0.531. The monoisotopic (exact) mass is 399 g/mol. The molecule has 2 rings (SSSR count). The highest BCUT2D eigenvalue weighted by molar-refractivity contribution is 6.05. The average molecular weight is 399 g/mol. The Kier molecular flexibility index (Phi) is 6.62. The third kappa shape index (κ3) is 4.80. The first-order valence-corrected chi connectivity index (χ1v) is 8.28. The van der Waals surface area contributed by atoms with Gasteiger partial charge in [0.15, 0.2) is 5.69 Å². The van der Waals surface area contributed by atoms with Crippen molar-refractivity contribution in [1.29, 1.82) is 0 Å². The summed E-state index contributed by atoms with van der Waals surface area (Å²) in [4.78, 5) is 24.6. The average Bonchev–Trinajstić information content (AvgIpc) is 3.03. The summed E-state index contributed by atoms with van der Waals surface area (Å²) in [6.45, 7) is 1.92. The van der Waals surface area contributed by atoms with Gasteiger partial charge in [-0.1, -0.05) is 0 Å². The summed E-state index contributed by atoms with van der Waals surface area (Å²) in [7, 11) is 1.38. The lowest BCUT2D eigenvalue weighted by atomic mass is 10.1. The number of nitrogens with two attached hydrogens (primary N) is 1. The predicted octanol–water partition coefficient (Wildman–Crippen LogP) is 2.08.